The van der Waals surface area contributed by atoms with Gasteiger partial charge in [0.25, 0.3) is 0 Å². The molecule has 5 nitrogen and oxygen atoms in total. The maximum Gasteiger partial charge on any atom is 0.222 e. The van der Waals surface area contributed by atoms with Gasteiger partial charge in [-0.05, 0) is 19.3 Å². The minimum Gasteiger partial charge on any atom is -0.394 e. The van der Waals surface area contributed by atoms with Crippen LogP contribution in [0, 0.1) is 0 Å². The fourth-order valence-electron chi connectivity index (χ4n) is 6.75. The Morgan fingerprint density at radius 3 is 1.21 bits per heavy atom. The van der Waals surface area contributed by atoms with Crippen LogP contribution in [0.15, 0.2) is 12.2 Å². The molecule has 0 aliphatic carbocycles. The molecule has 3 unspecified atom stereocenters. The molecule has 0 saturated heterocycles. The summed E-state index contributed by atoms with van der Waals surface area (Å²) in [6, 6.07) is -0.738. The average molecular weight is 680 g/mol. The first-order chi connectivity index (χ1) is 23.5. The zero-order valence-corrected chi connectivity index (χ0v) is 32.4. The van der Waals surface area contributed by atoms with E-state index in [9.17, 15) is 20.1 Å². The van der Waals surface area contributed by atoms with Crippen LogP contribution in [-0.2, 0) is 4.79 Å². The topological polar surface area (TPSA) is 89.8 Å². The standard InChI is InChI=1S/C43H85NO4/c1-3-5-7-9-11-13-15-17-19-21-23-25-27-29-31-33-35-37-42(47)41(39-45)44-43(48)38-40(46)36-34-32-30-28-26-24-22-20-18-16-14-12-10-8-6-4-2/h35,37,40-42,45-47H,3-34,36,38-39H2,1-2H3,(H,44,48)/b37-35+. The Labute approximate surface area is 299 Å². The molecule has 0 radical (unpaired) electrons. The van der Waals surface area contributed by atoms with Crippen LogP contribution in [0.5, 0.6) is 0 Å². The van der Waals surface area contributed by atoms with E-state index in [-0.39, 0.29) is 18.9 Å². The van der Waals surface area contributed by atoms with E-state index < -0.39 is 18.2 Å². The van der Waals surface area contributed by atoms with Gasteiger partial charge in [-0.2, -0.15) is 0 Å². The van der Waals surface area contributed by atoms with E-state index in [1.165, 1.54) is 180 Å². The van der Waals surface area contributed by atoms with E-state index in [2.05, 4.69) is 19.2 Å². The van der Waals surface area contributed by atoms with Gasteiger partial charge in [0.1, 0.15) is 0 Å². The van der Waals surface area contributed by atoms with Crippen molar-refractivity contribution in [2.75, 3.05) is 6.61 Å². The highest BCUT2D eigenvalue weighted by Gasteiger charge is 2.20. The van der Waals surface area contributed by atoms with Crippen molar-refractivity contribution in [3.63, 3.8) is 0 Å². The van der Waals surface area contributed by atoms with Crippen LogP contribution in [0.25, 0.3) is 0 Å². The predicted octanol–water partition coefficient (Wildman–Crippen LogP) is 12.0. The second-order valence-corrected chi connectivity index (χ2v) is 15.0. The summed E-state index contributed by atoms with van der Waals surface area (Å²) in [7, 11) is 0. The summed E-state index contributed by atoms with van der Waals surface area (Å²) >= 11 is 0. The summed E-state index contributed by atoms with van der Waals surface area (Å²) in [4.78, 5) is 12.4. The molecule has 0 aromatic carbocycles. The minimum atomic E-state index is -0.923. The largest absolute Gasteiger partial charge is 0.394 e. The van der Waals surface area contributed by atoms with Crippen molar-refractivity contribution in [1.82, 2.24) is 5.32 Å². The second kappa shape index (κ2) is 38.9. The number of hydrogen-bond acceptors (Lipinski definition) is 4. The van der Waals surface area contributed by atoms with Crippen LogP contribution in [0.4, 0.5) is 0 Å². The second-order valence-electron chi connectivity index (χ2n) is 15.0. The Hall–Kier alpha value is -0.910. The van der Waals surface area contributed by atoms with Crippen molar-refractivity contribution >= 4 is 5.91 Å². The first-order valence-corrected chi connectivity index (χ1v) is 21.5. The van der Waals surface area contributed by atoms with Crippen molar-refractivity contribution < 1.29 is 20.1 Å². The van der Waals surface area contributed by atoms with Gasteiger partial charge >= 0.3 is 0 Å². The summed E-state index contributed by atoms with van der Waals surface area (Å²) in [6.45, 7) is 4.22. The maximum absolute atomic E-state index is 12.4. The predicted molar refractivity (Wildman–Crippen MR) is 208 cm³/mol. The molecule has 0 heterocycles. The van der Waals surface area contributed by atoms with Gasteiger partial charge in [0.15, 0.2) is 0 Å². The van der Waals surface area contributed by atoms with Gasteiger partial charge in [-0.1, -0.05) is 219 Å². The van der Waals surface area contributed by atoms with Crippen LogP contribution in [0.1, 0.15) is 232 Å². The summed E-state index contributed by atoms with van der Waals surface area (Å²) < 4.78 is 0. The highest BCUT2D eigenvalue weighted by atomic mass is 16.3. The summed E-state index contributed by atoms with van der Waals surface area (Å²) in [5, 5.41) is 33.2. The smallest absolute Gasteiger partial charge is 0.222 e. The quantitative estimate of drug-likeness (QED) is 0.0384. The average Bonchev–Trinajstić information content (AvgIpc) is 3.08. The van der Waals surface area contributed by atoms with E-state index >= 15 is 0 Å². The number of carbonyl (C=O) groups excluding carboxylic acids is 1. The molecule has 0 aromatic heterocycles. The summed E-state index contributed by atoms with van der Waals surface area (Å²) in [5.74, 6) is -0.312. The van der Waals surface area contributed by atoms with Gasteiger partial charge < -0.3 is 20.6 Å². The molecule has 0 aliphatic heterocycles. The molecule has 0 aliphatic rings. The van der Waals surface area contributed by atoms with E-state index in [1.54, 1.807) is 6.08 Å². The number of nitrogens with one attached hydrogen (secondary N) is 1. The lowest BCUT2D eigenvalue weighted by Gasteiger charge is -2.21. The van der Waals surface area contributed by atoms with E-state index in [4.69, 9.17) is 0 Å². The Bertz CT molecular complexity index is 669. The molecule has 48 heavy (non-hydrogen) atoms. The lowest BCUT2D eigenvalue weighted by molar-refractivity contribution is -0.124. The molecule has 4 N–H and O–H groups in total. The zero-order chi connectivity index (χ0) is 35.2. The van der Waals surface area contributed by atoms with Gasteiger partial charge in [-0.3, -0.25) is 4.79 Å². The maximum atomic E-state index is 12.4. The number of carbonyl (C=O) groups is 1. The fourth-order valence-corrected chi connectivity index (χ4v) is 6.75. The number of hydrogen-bond donors (Lipinski definition) is 4. The molecular weight excluding hydrogens is 594 g/mol. The lowest BCUT2D eigenvalue weighted by atomic mass is 10.0. The number of unbranched alkanes of at least 4 members (excludes halogenated alkanes) is 30. The monoisotopic (exact) mass is 680 g/mol. The highest BCUT2D eigenvalue weighted by Crippen LogP contribution is 2.16. The van der Waals surface area contributed by atoms with Gasteiger partial charge in [0.2, 0.25) is 5.91 Å². The molecule has 0 rings (SSSR count). The van der Waals surface area contributed by atoms with Crippen molar-refractivity contribution in [3.05, 3.63) is 12.2 Å². The van der Waals surface area contributed by atoms with Crippen LogP contribution >= 0.6 is 0 Å². The van der Waals surface area contributed by atoms with Crippen LogP contribution in [0.3, 0.4) is 0 Å². The zero-order valence-electron chi connectivity index (χ0n) is 32.4. The first kappa shape index (κ1) is 47.1. The van der Waals surface area contributed by atoms with E-state index in [0.717, 1.165) is 25.7 Å². The van der Waals surface area contributed by atoms with Gasteiger partial charge in [-0.25, -0.2) is 0 Å². The van der Waals surface area contributed by atoms with E-state index in [1.807, 2.05) is 6.08 Å². The normalized spacial score (nSPS) is 13.7. The van der Waals surface area contributed by atoms with Crippen molar-refractivity contribution in [1.29, 1.82) is 0 Å². The molecule has 0 bridgehead atoms. The summed E-state index contributed by atoms with van der Waals surface area (Å²) in [5.41, 5.74) is 0. The van der Waals surface area contributed by atoms with Crippen molar-refractivity contribution in [2.24, 2.45) is 0 Å². The molecular formula is C43H85NO4. The van der Waals surface area contributed by atoms with Gasteiger partial charge in [-0.15, -0.1) is 0 Å². The van der Waals surface area contributed by atoms with Crippen molar-refractivity contribution in [2.45, 2.75) is 250 Å². The molecule has 286 valence electrons. The lowest BCUT2D eigenvalue weighted by Crippen LogP contribution is -2.45. The van der Waals surface area contributed by atoms with Crippen molar-refractivity contribution in [3.8, 4) is 0 Å². The molecule has 0 spiro atoms. The molecule has 3 atom stereocenters. The van der Waals surface area contributed by atoms with E-state index in [0.29, 0.717) is 6.42 Å². The SMILES string of the molecule is CCCCCCCCCCCCCCCCC/C=C/C(O)C(CO)NC(=O)CC(O)CCCCCCCCCCCCCCCCCC. The first-order valence-electron chi connectivity index (χ1n) is 21.5. The number of allylic oxidation sites excluding steroid dienone is 1. The molecule has 1 amide bonds. The summed E-state index contributed by atoms with van der Waals surface area (Å²) in [6.07, 6.45) is 44.9. The third kappa shape index (κ3) is 34.9. The molecule has 0 aromatic rings. The minimum absolute atomic E-state index is 0.0187. The fraction of sp³-hybridized carbons (Fsp3) is 0.930. The Kier molecular flexibility index (Phi) is 38.1. The Morgan fingerprint density at radius 2 is 0.854 bits per heavy atom. The number of amides is 1. The number of rotatable bonds is 39. The molecule has 0 fully saturated rings. The van der Waals surface area contributed by atoms with Gasteiger partial charge in [0.05, 0.1) is 31.3 Å². The third-order valence-electron chi connectivity index (χ3n) is 10.1. The molecule has 5 heteroatoms. The van der Waals surface area contributed by atoms with Gasteiger partial charge in [0, 0.05) is 0 Å². The van der Waals surface area contributed by atoms with Crippen LogP contribution in [0.2, 0.25) is 0 Å². The number of aliphatic hydroxyl groups excluding tert-OH is 3. The third-order valence-corrected chi connectivity index (χ3v) is 10.1. The van der Waals surface area contributed by atoms with Crippen LogP contribution in [-0.4, -0.2) is 46.1 Å². The highest BCUT2D eigenvalue weighted by molar-refractivity contribution is 5.76. The number of aliphatic hydroxyl groups is 3. The molecule has 0 saturated carbocycles. The Morgan fingerprint density at radius 1 is 0.521 bits per heavy atom. The van der Waals surface area contributed by atoms with Crippen LogP contribution < -0.4 is 5.32 Å². The Balaban J connectivity index is 3.65.